The lowest BCUT2D eigenvalue weighted by molar-refractivity contribution is -0.156. The lowest BCUT2D eigenvalue weighted by Crippen LogP contribution is -2.54. The van der Waals surface area contributed by atoms with Crippen LogP contribution in [0.5, 0.6) is 5.75 Å². The molecule has 1 aromatic heterocycles. The Kier molecular flexibility index (Phi) is 11.2. The number of Topliss-reactive ketones (excluding diaryl/α,β-unsaturated/α-hetero) is 1. The number of amides is 3. The largest absolute Gasteiger partial charge is 0.457 e. The molecule has 3 atom stereocenters. The maximum Gasteiger partial charge on any atom is 0.387 e. The standard InChI is InChI=1S/C30H40F2N4O7/c1-16(2)12-21(36-27(40)22-14-18-19(34-22)9-6-10-24(18)43-29(31)32)26(39)35-20(13-17-8-7-11-33-25(17)38)23(37)15-42-28(41)30(3,4)5/h6,9-10,14,16-17,20-21,29,34H,7-8,11-13,15H2,1-5H3,(H,33,38)(H,35,39)(H,36,40)/t17-,20-,21-/m0/s1. The third-order valence-corrected chi connectivity index (χ3v) is 7.00. The Labute approximate surface area is 248 Å². The molecule has 4 N–H and O–H groups in total. The molecule has 0 unspecified atom stereocenters. The molecule has 2 aromatic rings. The lowest BCUT2D eigenvalue weighted by atomic mass is 9.89. The van der Waals surface area contributed by atoms with E-state index in [0.717, 1.165) is 0 Å². The Morgan fingerprint density at radius 3 is 2.44 bits per heavy atom. The highest BCUT2D eigenvalue weighted by Crippen LogP contribution is 2.28. The highest BCUT2D eigenvalue weighted by molar-refractivity contribution is 6.02. The molecule has 43 heavy (non-hydrogen) atoms. The van der Waals surface area contributed by atoms with Gasteiger partial charge in [0.05, 0.1) is 11.5 Å². The van der Waals surface area contributed by atoms with Crippen molar-refractivity contribution in [2.45, 2.75) is 79.0 Å². The molecule has 1 aliphatic rings. The molecule has 0 saturated carbocycles. The van der Waals surface area contributed by atoms with Crippen LogP contribution in [0.4, 0.5) is 8.78 Å². The zero-order valence-electron chi connectivity index (χ0n) is 25.1. The molecule has 1 aliphatic heterocycles. The molecule has 0 spiro atoms. The first kappa shape index (κ1) is 33.5. The van der Waals surface area contributed by atoms with Gasteiger partial charge >= 0.3 is 12.6 Å². The number of aromatic nitrogens is 1. The van der Waals surface area contributed by atoms with Gasteiger partial charge in [0.2, 0.25) is 11.8 Å². The van der Waals surface area contributed by atoms with Crippen LogP contribution >= 0.6 is 0 Å². The summed E-state index contributed by atoms with van der Waals surface area (Å²) < 4.78 is 35.4. The van der Waals surface area contributed by atoms with Gasteiger partial charge in [0, 0.05) is 23.4 Å². The molecule has 13 heteroatoms. The summed E-state index contributed by atoms with van der Waals surface area (Å²) in [5.74, 6) is -3.42. The van der Waals surface area contributed by atoms with Crippen molar-refractivity contribution in [3.05, 3.63) is 30.0 Å². The number of aromatic amines is 1. The number of halogens is 2. The van der Waals surface area contributed by atoms with Crippen LogP contribution in [0.3, 0.4) is 0 Å². The van der Waals surface area contributed by atoms with Crippen LogP contribution in [0.25, 0.3) is 10.9 Å². The Balaban J connectivity index is 1.79. The summed E-state index contributed by atoms with van der Waals surface area (Å²) in [6.45, 7) is 5.52. The number of benzene rings is 1. The van der Waals surface area contributed by atoms with Gasteiger partial charge in [-0.05, 0) is 70.6 Å². The van der Waals surface area contributed by atoms with Crippen LogP contribution in [0.1, 0.15) is 70.8 Å². The van der Waals surface area contributed by atoms with Crippen LogP contribution < -0.4 is 20.7 Å². The predicted molar refractivity (Wildman–Crippen MR) is 153 cm³/mol. The van der Waals surface area contributed by atoms with Gasteiger partial charge in [-0.2, -0.15) is 8.78 Å². The summed E-state index contributed by atoms with van der Waals surface area (Å²) in [4.78, 5) is 67.5. The third-order valence-electron chi connectivity index (χ3n) is 7.00. The van der Waals surface area contributed by atoms with E-state index in [-0.39, 0.29) is 41.5 Å². The fourth-order valence-electron chi connectivity index (χ4n) is 4.73. The lowest BCUT2D eigenvalue weighted by Gasteiger charge is -2.28. The van der Waals surface area contributed by atoms with Crippen molar-refractivity contribution in [3.63, 3.8) is 0 Å². The number of alkyl halides is 2. The number of hydrogen-bond donors (Lipinski definition) is 4. The maximum absolute atomic E-state index is 13.5. The number of piperidine rings is 1. The van der Waals surface area contributed by atoms with Crippen LogP contribution in [0, 0.1) is 17.3 Å². The van der Waals surface area contributed by atoms with Crippen molar-refractivity contribution < 1.29 is 42.2 Å². The second-order valence-corrected chi connectivity index (χ2v) is 12.2. The van der Waals surface area contributed by atoms with Crippen molar-refractivity contribution in [2.24, 2.45) is 17.3 Å². The Morgan fingerprint density at radius 2 is 1.81 bits per heavy atom. The van der Waals surface area contributed by atoms with E-state index < -0.39 is 60.2 Å². The molecule has 11 nitrogen and oxygen atoms in total. The highest BCUT2D eigenvalue weighted by Gasteiger charge is 2.34. The van der Waals surface area contributed by atoms with Gasteiger partial charge < -0.3 is 30.4 Å². The first-order chi connectivity index (χ1) is 20.1. The van der Waals surface area contributed by atoms with Gasteiger partial charge in [0.1, 0.15) is 17.5 Å². The SMILES string of the molecule is CC(C)C[C@H](NC(=O)c1cc2c(OC(F)F)cccc2[nH]1)C(=O)N[C@@H](C[C@@H]1CCCNC1=O)C(=O)COC(=O)C(C)(C)C. The second kappa shape index (κ2) is 14.4. The van der Waals surface area contributed by atoms with Crippen molar-refractivity contribution >= 4 is 40.4 Å². The van der Waals surface area contributed by atoms with E-state index in [1.807, 2.05) is 13.8 Å². The molecule has 0 aliphatic carbocycles. The third kappa shape index (κ3) is 9.48. The molecule has 1 fully saturated rings. The summed E-state index contributed by atoms with van der Waals surface area (Å²) in [6, 6.07) is 3.56. The topological polar surface area (TPSA) is 156 Å². The number of hydrogen-bond acceptors (Lipinski definition) is 7. The summed E-state index contributed by atoms with van der Waals surface area (Å²) in [5, 5.41) is 8.37. The number of fused-ring (bicyclic) bond motifs is 1. The van der Waals surface area contributed by atoms with Crippen molar-refractivity contribution in [1.29, 1.82) is 0 Å². The normalized spacial score (nSPS) is 16.9. The van der Waals surface area contributed by atoms with Gasteiger partial charge in [0.15, 0.2) is 12.4 Å². The first-order valence-corrected chi connectivity index (χ1v) is 14.3. The molecule has 0 bridgehead atoms. The minimum atomic E-state index is -3.05. The number of nitrogens with one attached hydrogen (secondary N) is 4. The molecule has 3 amide bonds. The molecular weight excluding hydrogens is 566 g/mol. The van der Waals surface area contributed by atoms with E-state index in [0.29, 0.717) is 24.9 Å². The summed E-state index contributed by atoms with van der Waals surface area (Å²) >= 11 is 0. The number of rotatable bonds is 13. The molecular formula is C30H40F2N4O7. The first-order valence-electron chi connectivity index (χ1n) is 14.3. The molecule has 236 valence electrons. The van der Waals surface area contributed by atoms with Gasteiger partial charge in [-0.3, -0.25) is 24.0 Å². The summed E-state index contributed by atoms with van der Waals surface area (Å²) in [5.41, 5.74) is -0.444. The average molecular weight is 607 g/mol. The van der Waals surface area contributed by atoms with Gasteiger partial charge in [-0.25, -0.2) is 0 Å². The van der Waals surface area contributed by atoms with E-state index >= 15 is 0 Å². The predicted octanol–water partition coefficient (Wildman–Crippen LogP) is 3.47. The Hall–Kier alpha value is -4.03. The van der Waals surface area contributed by atoms with Crippen LogP contribution in [0.15, 0.2) is 24.3 Å². The van der Waals surface area contributed by atoms with E-state index in [1.54, 1.807) is 26.8 Å². The number of ketones is 1. The Bertz CT molecular complexity index is 1340. The molecule has 1 saturated heterocycles. The molecule has 0 radical (unpaired) electrons. The van der Waals surface area contributed by atoms with Gasteiger partial charge in [0.25, 0.3) is 5.91 Å². The van der Waals surface area contributed by atoms with Gasteiger partial charge in [-0.15, -0.1) is 0 Å². The van der Waals surface area contributed by atoms with E-state index in [1.165, 1.54) is 18.2 Å². The van der Waals surface area contributed by atoms with Crippen molar-refractivity contribution in [3.8, 4) is 5.75 Å². The fraction of sp³-hybridized carbons (Fsp3) is 0.567. The quantitative estimate of drug-likeness (QED) is 0.255. The Morgan fingerprint density at radius 1 is 1.09 bits per heavy atom. The number of carbonyl (C=O) groups excluding carboxylic acids is 5. The van der Waals surface area contributed by atoms with Crippen molar-refractivity contribution in [2.75, 3.05) is 13.2 Å². The monoisotopic (exact) mass is 606 g/mol. The van der Waals surface area contributed by atoms with Crippen LogP contribution in [0.2, 0.25) is 0 Å². The molecule has 1 aromatic carbocycles. The number of H-pyrrole nitrogens is 1. The fourth-order valence-corrected chi connectivity index (χ4v) is 4.73. The summed E-state index contributed by atoms with van der Waals surface area (Å²) in [6.07, 6.45) is 1.45. The summed E-state index contributed by atoms with van der Waals surface area (Å²) in [7, 11) is 0. The van der Waals surface area contributed by atoms with E-state index in [4.69, 9.17) is 4.74 Å². The highest BCUT2D eigenvalue weighted by atomic mass is 19.3. The number of ether oxygens (including phenoxy) is 2. The second-order valence-electron chi connectivity index (χ2n) is 12.2. The minimum absolute atomic E-state index is 0.000746. The zero-order valence-corrected chi connectivity index (χ0v) is 25.1. The van der Waals surface area contributed by atoms with E-state index in [2.05, 4.69) is 25.7 Å². The molecule has 2 heterocycles. The zero-order chi connectivity index (χ0) is 31.9. The van der Waals surface area contributed by atoms with Crippen LogP contribution in [-0.4, -0.2) is 66.3 Å². The van der Waals surface area contributed by atoms with Crippen molar-refractivity contribution in [1.82, 2.24) is 20.9 Å². The minimum Gasteiger partial charge on any atom is -0.457 e. The maximum atomic E-state index is 13.5. The van der Waals surface area contributed by atoms with Crippen LogP contribution in [-0.2, 0) is 23.9 Å². The van der Waals surface area contributed by atoms with E-state index in [9.17, 15) is 32.8 Å². The number of carbonyl (C=O) groups is 5. The smallest absolute Gasteiger partial charge is 0.387 e. The van der Waals surface area contributed by atoms with Gasteiger partial charge in [-0.1, -0.05) is 19.9 Å². The number of esters is 1. The molecule has 3 rings (SSSR count). The average Bonchev–Trinajstić information content (AvgIpc) is 3.36.